The van der Waals surface area contributed by atoms with Gasteiger partial charge >= 0.3 is 0 Å². The fraction of sp³-hybridized carbons (Fsp3) is 0.200. The number of thiocarbonyl (C=S) groups is 1. The molecule has 0 aromatic heterocycles. The van der Waals surface area contributed by atoms with Gasteiger partial charge in [0.1, 0.15) is 11.0 Å². The molecule has 0 heterocycles. The van der Waals surface area contributed by atoms with Gasteiger partial charge in [-0.05, 0) is 66.5 Å². The summed E-state index contributed by atoms with van der Waals surface area (Å²) in [4.78, 5) is 16.2. The molecule has 3 nitrogen and oxygen atoms in total. The van der Waals surface area contributed by atoms with Crippen molar-refractivity contribution in [2.24, 2.45) is 0 Å². The number of anilines is 1. The van der Waals surface area contributed by atoms with Crippen LogP contribution in [-0.4, -0.2) is 16.4 Å². The highest BCUT2D eigenvalue weighted by molar-refractivity contribution is 9.10. The second-order valence-corrected chi connectivity index (χ2v) is 9.34. The SMILES string of the molecule is CC(C)(C)NC(=S)C(c1ccccc1)N(C(=O)c1ccccc1)c1ccccc1Br. The summed E-state index contributed by atoms with van der Waals surface area (Å²) in [5.41, 5.74) is 2.07. The van der Waals surface area contributed by atoms with Crippen molar-refractivity contribution in [3.63, 3.8) is 0 Å². The predicted molar refractivity (Wildman–Crippen MR) is 132 cm³/mol. The van der Waals surface area contributed by atoms with Gasteiger partial charge in [0.2, 0.25) is 0 Å². The van der Waals surface area contributed by atoms with Gasteiger partial charge in [0, 0.05) is 15.6 Å². The van der Waals surface area contributed by atoms with E-state index in [2.05, 4.69) is 42.0 Å². The van der Waals surface area contributed by atoms with E-state index in [9.17, 15) is 4.79 Å². The Labute approximate surface area is 192 Å². The summed E-state index contributed by atoms with van der Waals surface area (Å²) in [5.74, 6) is -0.116. The van der Waals surface area contributed by atoms with Crippen molar-refractivity contribution in [2.45, 2.75) is 32.4 Å². The number of benzene rings is 3. The van der Waals surface area contributed by atoms with Gasteiger partial charge in [0.25, 0.3) is 5.91 Å². The molecule has 0 aliphatic heterocycles. The fourth-order valence-corrected chi connectivity index (χ4v) is 4.25. The molecule has 154 valence electrons. The first-order chi connectivity index (χ1) is 14.3. The second kappa shape index (κ2) is 9.54. The summed E-state index contributed by atoms with van der Waals surface area (Å²) >= 11 is 9.51. The van der Waals surface area contributed by atoms with E-state index in [0.29, 0.717) is 10.6 Å². The maximum absolute atomic E-state index is 13.8. The molecule has 0 aliphatic rings. The molecule has 1 atom stereocenters. The third-order valence-electron chi connectivity index (χ3n) is 4.47. The molecule has 3 rings (SSSR count). The Morgan fingerprint density at radius 2 is 1.43 bits per heavy atom. The van der Waals surface area contributed by atoms with Gasteiger partial charge in [-0.1, -0.05) is 72.9 Å². The molecule has 1 unspecified atom stereocenters. The molecular weight excluding hydrogens is 456 g/mol. The maximum Gasteiger partial charge on any atom is 0.259 e. The number of nitrogens with zero attached hydrogens (tertiary/aromatic N) is 1. The van der Waals surface area contributed by atoms with Crippen LogP contribution in [0.5, 0.6) is 0 Å². The van der Waals surface area contributed by atoms with E-state index in [-0.39, 0.29) is 11.4 Å². The number of carbonyl (C=O) groups is 1. The van der Waals surface area contributed by atoms with Gasteiger partial charge in [-0.2, -0.15) is 0 Å². The van der Waals surface area contributed by atoms with Crippen LogP contribution in [-0.2, 0) is 0 Å². The monoisotopic (exact) mass is 480 g/mol. The zero-order valence-electron chi connectivity index (χ0n) is 17.3. The first kappa shape index (κ1) is 22.2. The molecule has 0 saturated heterocycles. The van der Waals surface area contributed by atoms with Gasteiger partial charge < -0.3 is 5.32 Å². The van der Waals surface area contributed by atoms with Crippen molar-refractivity contribution >= 4 is 44.7 Å². The summed E-state index contributed by atoms with van der Waals surface area (Å²) in [6, 6.07) is 26.5. The molecule has 5 heteroatoms. The van der Waals surface area contributed by atoms with Gasteiger partial charge in [-0.15, -0.1) is 0 Å². The lowest BCUT2D eigenvalue weighted by molar-refractivity contribution is 0.0982. The molecule has 0 aliphatic carbocycles. The van der Waals surface area contributed by atoms with Crippen LogP contribution in [0.25, 0.3) is 0 Å². The van der Waals surface area contributed by atoms with Crippen LogP contribution in [0, 0.1) is 0 Å². The lowest BCUT2D eigenvalue weighted by Gasteiger charge is -2.36. The Kier molecular flexibility index (Phi) is 7.06. The van der Waals surface area contributed by atoms with E-state index >= 15 is 0 Å². The Bertz CT molecular complexity index is 1020. The molecule has 0 spiro atoms. The van der Waals surface area contributed by atoms with Crippen molar-refractivity contribution in [3.8, 4) is 0 Å². The maximum atomic E-state index is 13.8. The molecule has 0 saturated carbocycles. The van der Waals surface area contributed by atoms with Crippen LogP contribution in [0.1, 0.15) is 42.7 Å². The zero-order chi connectivity index (χ0) is 21.7. The van der Waals surface area contributed by atoms with E-state index in [1.807, 2.05) is 84.9 Å². The summed E-state index contributed by atoms with van der Waals surface area (Å²) < 4.78 is 0.828. The van der Waals surface area contributed by atoms with E-state index in [1.165, 1.54) is 0 Å². The van der Waals surface area contributed by atoms with Gasteiger partial charge in [0.05, 0.1) is 5.69 Å². The number of hydrogen-bond acceptors (Lipinski definition) is 2. The molecule has 1 N–H and O–H groups in total. The van der Waals surface area contributed by atoms with Crippen molar-refractivity contribution in [2.75, 3.05) is 4.90 Å². The largest absolute Gasteiger partial charge is 0.373 e. The van der Waals surface area contributed by atoms with Crippen LogP contribution in [0.4, 0.5) is 5.69 Å². The van der Waals surface area contributed by atoms with Crippen molar-refractivity contribution in [1.29, 1.82) is 0 Å². The number of para-hydroxylation sites is 1. The number of halogens is 1. The van der Waals surface area contributed by atoms with Crippen LogP contribution in [0.15, 0.2) is 89.4 Å². The number of rotatable bonds is 5. The zero-order valence-corrected chi connectivity index (χ0v) is 19.7. The Hall–Kier alpha value is -2.50. The third kappa shape index (κ3) is 5.35. The normalized spacial score (nSPS) is 12.1. The molecule has 0 bridgehead atoms. The molecule has 0 radical (unpaired) electrons. The molecule has 3 aromatic carbocycles. The smallest absolute Gasteiger partial charge is 0.259 e. The highest BCUT2D eigenvalue weighted by atomic mass is 79.9. The highest BCUT2D eigenvalue weighted by Crippen LogP contribution is 2.35. The van der Waals surface area contributed by atoms with E-state index in [4.69, 9.17) is 12.2 Å². The average molecular weight is 481 g/mol. The molecule has 30 heavy (non-hydrogen) atoms. The first-order valence-corrected chi connectivity index (χ1v) is 11.0. The van der Waals surface area contributed by atoms with Crippen molar-refractivity contribution in [1.82, 2.24) is 5.32 Å². The number of hydrogen-bond donors (Lipinski definition) is 1. The van der Waals surface area contributed by atoms with Crippen molar-refractivity contribution in [3.05, 3.63) is 101 Å². The topological polar surface area (TPSA) is 32.3 Å². The first-order valence-electron chi connectivity index (χ1n) is 9.78. The van der Waals surface area contributed by atoms with E-state index < -0.39 is 6.04 Å². The number of amides is 1. The average Bonchev–Trinajstić information content (AvgIpc) is 2.72. The standard InChI is InChI=1S/C25H25BrN2OS/c1-25(2,3)27-23(30)22(18-12-6-4-7-13-18)28(21-17-11-10-16-20(21)26)24(29)19-14-8-5-9-15-19/h4-17,22H,1-3H3,(H,27,30). The van der Waals surface area contributed by atoms with Crippen molar-refractivity contribution < 1.29 is 4.79 Å². The molecule has 0 fully saturated rings. The second-order valence-electron chi connectivity index (χ2n) is 8.05. The fourth-order valence-electron chi connectivity index (χ4n) is 3.22. The molecule has 3 aromatic rings. The lowest BCUT2D eigenvalue weighted by atomic mass is 10.0. The number of carbonyl (C=O) groups excluding carboxylic acids is 1. The Morgan fingerprint density at radius 3 is 2.00 bits per heavy atom. The Balaban J connectivity index is 2.20. The Morgan fingerprint density at radius 1 is 0.900 bits per heavy atom. The van der Waals surface area contributed by atoms with E-state index in [1.54, 1.807) is 4.90 Å². The summed E-state index contributed by atoms with van der Waals surface area (Å²) in [6.07, 6.45) is 0. The van der Waals surface area contributed by atoms with Gasteiger partial charge in [0.15, 0.2) is 0 Å². The summed E-state index contributed by atoms with van der Waals surface area (Å²) in [7, 11) is 0. The van der Waals surface area contributed by atoms with E-state index in [0.717, 1.165) is 15.7 Å². The van der Waals surface area contributed by atoms with Crippen LogP contribution < -0.4 is 10.2 Å². The van der Waals surface area contributed by atoms with Crippen LogP contribution >= 0.6 is 28.1 Å². The van der Waals surface area contributed by atoms with Gasteiger partial charge in [-0.3, -0.25) is 9.69 Å². The summed E-state index contributed by atoms with van der Waals surface area (Å²) in [6.45, 7) is 6.18. The molecular formula is C25H25BrN2OS. The molecule has 1 amide bonds. The minimum absolute atomic E-state index is 0.116. The quantitative estimate of drug-likeness (QED) is 0.420. The summed E-state index contributed by atoms with van der Waals surface area (Å²) in [5, 5.41) is 3.42. The van der Waals surface area contributed by atoms with Crippen LogP contribution in [0.3, 0.4) is 0 Å². The number of nitrogens with one attached hydrogen (secondary N) is 1. The minimum Gasteiger partial charge on any atom is -0.373 e. The van der Waals surface area contributed by atoms with Crippen LogP contribution in [0.2, 0.25) is 0 Å². The third-order valence-corrected chi connectivity index (χ3v) is 5.47. The van der Waals surface area contributed by atoms with Gasteiger partial charge in [-0.25, -0.2) is 0 Å². The predicted octanol–water partition coefficient (Wildman–Crippen LogP) is 6.55. The lowest BCUT2D eigenvalue weighted by Crippen LogP contribution is -2.48. The highest BCUT2D eigenvalue weighted by Gasteiger charge is 2.33. The minimum atomic E-state index is -0.466.